The minimum Gasteiger partial charge on any atom is -0.490 e. The normalized spacial score (nSPS) is 13.0. The topological polar surface area (TPSA) is 102 Å². The second-order valence-corrected chi connectivity index (χ2v) is 8.06. The Bertz CT molecular complexity index is 1190. The molecule has 156 valence electrons. The molecular weight excluding hydrogens is 404 g/mol. The molecule has 0 fully saturated rings. The molecule has 0 saturated carbocycles. The monoisotopic (exact) mass is 426 g/mol. The van der Waals surface area contributed by atoms with Crippen molar-refractivity contribution in [2.24, 2.45) is 0 Å². The van der Waals surface area contributed by atoms with E-state index < -0.39 is 11.9 Å². The van der Waals surface area contributed by atoms with Gasteiger partial charge in [0.2, 0.25) is 5.55 Å². The van der Waals surface area contributed by atoms with Crippen LogP contribution in [0.2, 0.25) is 0 Å². The number of carbonyl (C=O) groups excluding carboxylic acids is 2. The van der Waals surface area contributed by atoms with Crippen molar-refractivity contribution in [3.05, 3.63) is 51.4 Å². The molecule has 0 saturated heterocycles. The Morgan fingerprint density at radius 1 is 1.27 bits per heavy atom. The lowest BCUT2D eigenvalue weighted by Crippen LogP contribution is -2.21. The first-order chi connectivity index (χ1) is 14.5. The number of para-hydroxylation sites is 1. The number of amides is 1. The van der Waals surface area contributed by atoms with Crippen LogP contribution >= 0.6 is 11.3 Å². The van der Waals surface area contributed by atoms with Crippen LogP contribution in [0.3, 0.4) is 0 Å². The van der Waals surface area contributed by atoms with E-state index in [9.17, 15) is 9.59 Å². The molecule has 1 aromatic carbocycles. The summed E-state index contributed by atoms with van der Waals surface area (Å²) in [6.45, 7) is 2.32. The van der Waals surface area contributed by atoms with Gasteiger partial charge in [0.1, 0.15) is 10.6 Å². The molecule has 4 rings (SSSR count). The number of ether oxygens (including phenoxy) is 2. The van der Waals surface area contributed by atoms with Crippen LogP contribution in [-0.4, -0.2) is 25.6 Å². The maximum absolute atomic E-state index is 13.0. The smallest absolute Gasteiger partial charge is 0.341 e. The summed E-state index contributed by atoms with van der Waals surface area (Å²) >= 11 is 1.40. The van der Waals surface area contributed by atoms with Gasteiger partial charge in [-0.1, -0.05) is 12.1 Å². The molecule has 0 unspecified atom stereocenters. The van der Waals surface area contributed by atoms with Crippen molar-refractivity contribution in [2.75, 3.05) is 19.0 Å². The van der Waals surface area contributed by atoms with Crippen LogP contribution in [0.25, 0.3) is 11.0 Å². The minimum absolute atomic E-state index is 0.0818. The molecule has 1 aliphatic rings. The first kappa shape index (κ1) is 20.2. The number of rotatable bonds is 5. The fourth-order valence-corrected chi connectivity index (χ4v) is 4.99. The standard InChI is InChI=1S/C22H22N2O5S/c1-3-28-15-9-6-7-12-11-14(19(23)29-18(12)15)20(25)24-21-17(22(26)27-2)13-8-4-5-10-16(13)30-21/h6-7,9,11,23H,3-5,8,10H2,1-2H3,(H,24,25). The van der Waals surface area contributed by atoms with E-state index in [-0.39, 0.29) is 11.1 Å². The second-order valence-electron chi connectivity index (χ2n) is 6.96. The van der Waals surface area contributed by atoms with Crippen LogP contribution in [-0.2, 0) is 17.6 Å². The highest BCUT2D eigenvalue weighted by molar-refractivity contribution is 7.17. The first-order valence-corrected chi connectivity index (χ1v) is 10.6. The summed E-state index contributed by atoms with van der Waals surface area (Å²) in [5.74, 6) is -0.439. The lowest BCUT2D eigenvalue weighted by molar-refractivity contribution is 0.0601. The number of methoxy groups -OCH3 is 1. The van der Waals surface area contributed by atoms with Crippen molar-refractivity contribution >= 4 is 39.2 Å². The Labute approximate surface area is 177 Å². The third-order valence-electron chi connectivity index (χ3n) is 5.09. The van der Waals surface area contributed by atoms with E-state index in [0.717, 1.165) is 36.1 Å². The van der Waals surface area contributed by atoms with E-state index in [4.69, 9.17) is 19.3 Å². The molecule has 2 aromatic heterocycles. The number of thiophene rings is 1. The van der Waals surface area contributed by atoms with Crippen molar-refractivity contribution in [2.45, 2.75) is 32.6 Å². The van der Waals surface area contributed by atoms with Gasteiger partial charge >= 0.3 is 5.97 Å². The summed E-state index contributed by atoms with van der Waals surface area (Å²) in [7, 11) is 1.33. The largest absolute Gasteiger partial charge is 0.490 e. The average Bonchev–Trinajstić information content (AvgIpc) is 3.11. The van der Waals surface area contributed by atoms with Crippen LogP contribution in [0.5, 0.6) is 5.75 Å². The Morgan fingerprint density at radius 2 is 2.07 bits per heavy atom. The predicted octanol–water partition coefficient (Wildman–Crippen LogP) is 4.29. The number of carbonyl (C=O) groups is 2. The van der Waals surface area contributed by atoms with Gasteiger partial charge in [0.25, 0.3) is 5.91 Å². The summed E-state index contributed by atoms with van der Waals surface area (Å²) in [6.07, 6.45) is 3.74. The maximum Gasteiger partial charge on any atom is 0.341 e. The first-order valence-electron chi connectivity index (χ1n) is 9.82. The van der Waals surface area contributed by atoms with Crippen LogP contribution < -0.4 is 15.6 Å². The summed E-state index contributed by atoms with van der Waals surface area (Å²) < 4.78 is 16.1. The number of nitrogens with one attached hydrogen (secondary N) is 2. The van der Waals surface area contributed by atoms with Crippen LogP contribution in [0.4, 0.5) is 5.00 Å². The van der Waals surface area contributed by atoms with E-state index in [1.807, 2.05) is 6.92 Å². The van der Waals surface area contributed by atoms with Crippen LogP contribution in [0.1, 0.15) is 50.9 Å². The Morgan fingerprint density at radius 3 is 2.83 bits per heavy atom. The number of aryl methyl sites for hydroxylation is 1. The quantitative estimate of drug-likeness (QED) is 0.593. The van der Waals surface area contributed by atoms with Gasteiger partial charge in [-0.25, -0.2) is 4.79 Å². The van der Waals surface area contributed by atoms with Crippen molar-refractivity contribution in [3.63, 3.8) is 0 Å². The van der Waals surface area contributed by atoms with Gasteiger partial charge in [0.15, 0.2) is 11.3 Å². The SMILES string of the molecule is CCOc1cccc2cc(C(=O)Nc3sc4c(c3C(=O)OC)CCCC4)c(=N)oc12. The zero-order valence-corrected chi connectivity index (χ0v) is 17.6. The molecule has 0 atom stereocenters. The third-order valence-corrected chi connectivity index (χ3v) is 6.30. The number of hydrogen-bond donors (Lipinski definition) is 2. The molecule has 30 heavy (non-hydrogen) atoms. The van der Waals surface area contributed by atoms with Crippen molar-refractivity contribution < 1.29 is 23.5 Å². The molecule has 0 spiro atoms. The molecule has 1 amide bonds. The van der Waals surface area contributed by atoms with Gasteiger partial charge in [-0.3, -0.25) is 10.2 Å². The van der Waals surface area contributed by atoms with E-state index in [2.05, 4.69) is 5.32 Å². The highest BCUT2D eigenvalue weighted by Gasteiger charge is 2.27. The Balaban J connectivity index is 1.72. The highest BCUT2D eigenvalue weighted by Crippen LogP contribution is 2.38. The van der Waals surface area contributed by atoms with Gasteiger partial charge < -0.3 is 19.2 Å². The zero-order valence-electron chi connectivity index (χ0n) is 16.8. The summed E-state index contributed by atoms with van der Waals surface area (Å²) in [6, 6.07) is 6.95. The van der Waals surface area contributed by atoms with Gasteiger partial charge in [0.05, 0.1) is 19.3 Å². The van der Waals surface area contributed by atoms with E-state index in [0.29, 0.717) is 33.9 Å². The van der Waals surface area contributed by atoms with Crippen molar-refractivity contribution in [1.29, 1.82) is 5.41 Å². The molecule has 0 aliphatic heterocycles. The number of esters is 1. The number of fused-ring (bicyclic) bond motifs is 2. The lowest BCUT2D eigenvalue weighted by Gasteiger charge is -2.12. The molecule has 8 heteroatoms. The minimum atomic E-state index is -0.504. The highest BCUT2D eigenvalue weighted by atomic mass is 32.1. The zero-order chi connectivity index (χ0) is 21.3. The van der Waals surface area contributed by atoms with Gasteiger partial charge in [-0.05, 0) is 50.3 Å². The Hall–Kier alpha value is -3.13. The third kappa shape index (κ3) is 3.59. The molecule has 0 radical (unpaired) electrons. The molecule has 2 heterocycles. The molecule has 2 N–H and O–H groups in total. The van der Waals surface area contributed by atoms with Gasteiger partial charge in [-0.2, -0.15) is 0 Å². The molecule has 7 nitrogen and oxygen atoms in total. The van der Waals surface area contributed by atoms with E-state index >= 15 is 0 Å². The number of benzene rings is 1. The van der Waals surface area contributed by atoms with Gasteiger partial charge in [-0.15, -0.1) is 11.3 Å². The molecule has 1 aliphatic carbocycles. The van der Waals surface area contributed by atoms with E-state index in [1.165, 1.54) is 18.4 Å². The van der Waals surface area contributed by atoms with Crippen molar-refractivity contribution in [3.8, 4) is 5.75 Å². The summed E-state index contributed by atoms with van der Waals surface area (Å²) in [5, 5.41) is 12.1. The van der Waals surface area contributed by atoms with E-state index in [1.54, 1.807) is 24.3 Å². The molecular formula is C22H22N2O5S. The van der Waals surface area contributed by atoms with Crippen molar-refractivity contribution in [1.82, 2.24) is 0 Å². The average molecular weight is 426 g/mol. The van der Waals surface area contributed by atoms with Crippen LogP contribution in [0.15, 0.2) is 28.7 Å². The second kappa shape index (κ2) is 8.31. The Kier molecular flexibility index (Phi) is 5.59. The summed E-state index contributed by atoms with van der Waals surface area (Å²) in [4.78, 5) is 26.5. The van der Waals surface area contributed by atoms with Crippen LogP contribution in [0, 0.1) is 5.41 Å². The fraction of sp³-hybridized carbons (Fsp3) is 0.318. The molecule has 0 bridgehead atoms. The lowest BCUT2D eigenvalue weighted by atomic mass is 9.95. The van der Waals surface area contributed by atoms with Gasteiger partial charge in [0, 0.05) is 10.3 Å². The number of anilines is 1. The maximum atomic E-state index is 13.0. The number of hydrogen-bond acceptors (Lipinski definition) is 7. The molecule has 3 aromatic rings. The summed E-state index contributed by atoms with van der Waals surface area (Å²) in [5.41, 5.74) is 1.62. The predicted molar refractivity (Wildman–Crippen MR) is 113 cm³/mol. The fourth-order valence-electron chi connectivity index (χ4n) is 3.71.